The number of aromatic nitrogens is 3. The van der Waals surface area contributed by atoms with Gasteiger partial charge in [0.05, 0.1) is 11.2 Å². The molecule has 4 aromatic carbocycles. The van der Waals surface area contributed by atoms with Gasteiger partial charge in [-0.15, -0.1) is 47.5 Å². The summed E-state index contributed by atoms with van der Waals surface area (Å²) in [5.74, 6) is 0. The Labute approximate surface area is 299 Å². The molecule has 0 N–H and O–H groups in total. The third-order valence-corrected chi connectivity index (χ3v) is 10.1. The number of anilines is 2. The number of fused-ring (bicyclic) bond motifs is 3. The number of nitrogens with zero attached hydrogens (tertiary/aromatic N) is 4. The molecule has 5 heteroatoms. The molecule has 8 rings (SSSR count). The zero-order valence-corrected chi connectivity index (χ0v) is 31.7. The summed E-state index contributed by atoms with van der Waals surface area (Å²) in [6.45, 7) is 16.3. The van der Waals surface area contributed by atoms with Gasteiger partial charge in [-0.2, -0.15) is 11.6 Å². The summed E-state index contributed by atoms with van der Waals surface area (Å²) in [6.07, 6.45) is 7.88. The van der Waals surface area contributed by atoms with Crippen LogP contribution in [0.4, 0.5) is 11.4 Å². The first kappa shape index (κ1) is 33.8. The van der Waals surface area contributed by atoms with Gasteiger partial charge in [0.25, 0.3) is 6.33 Å². The molecule has 2 aliphatic rings. The van der Waals surface area contributed by atoms with Crippen molar-refractivity contribution in [1.29, 1.82) is 0 Å². The zero-order chi connectivity index (χ0) is 33.1. The molecule has 2 aromatic heterocycles. The van der Waals surface area contributed by atoms with Gasteiger partial charge < -0.3 is 14.5 Å². The maximum absolute atomic E-state index is 4.22. The molecule has 6 aromatic rings. The van der Waals surface area contributed by atoms with Crippen LogP contribution in [0.15, 0.2) is 97.2 Å². The molecule has 0 spiro atoms. The Morgan fingerprint density at radius 3 is 2.21 bits per heavy atom. The molecule has 0 fully saturated rings. The van der Waals surface area contributed by atoms with Gasteiger partial charge in [0.2, 0.25) is 0 Å². The first-order valence-corrected chi connectivity index (χ1v) is 16.7. The van der Waals surface area contributed by atoms with Gasteiger partial charge >= 0.3 is 20.1 Å². The van der Waals surface area contributed by atoms with Crippen molar-refractivity contribution >= 4 is 22.4 Å². The minimum absolute atomic E-state index is 0. The number of pyridine rings is 1. The first-order valence-electron chi connectivity index (χ1n) is 16.7. The summed E-state index contributed by atoms with van der Waals surface area (Å²) in [4.78, 5) is 6.56. The van der Waals surface area contributed by atoms with Gasteiger partial charge in [0, 0.05) is 11.9 Å². The van der Waals surface area contributed by atoms with Crippen molar-refractivity contribution in [1.82, 2.24) is 9.55 Å². The summed E-state index contributed by atoms with van der Waals surface area (Å²) in [5, 5.41) is 0. The fourth-order valence-electron chi connectivity index (χ4n) is 6.98. The molecule has 0 radical (unpaired) electrons. The number of rotatable bonds is 2. The third kappa shape index (κ3) is 5.93. The largest absolute Gasteiger partial charge is 3.00 e. The fourth-order valence-corrected chi connectivity index (χ4v) is 6.98. The molecule has 4 nitrogen and oxygen atoms in total. The van der Waals surface area contributed by atoms with E-state index >= 15 is 0 Å². The van der Waals surface area contributed by atoms with Crippen LogP contribution in [-0.4, -0.2) is 16.6 Å². The first-order chi connectivity index (χ1) is 22.3. The second-order valence-electron chi connectivity index (χ2n) is 15.3. The summed E-state index contributed by atoms with van der Waals surface area (Å²) in [5.41, 5.74) is 13.5. The van der Waals surface area contributed by atoms with E-state index in [-0.39, 0.29) is 36.4 Å². The van der Waals surface area contributed by atoms with E-state index in [9.17, 15) is 0 Å². The summed E-state index contributed by atoms with van der Waals surface area (Å²) in [7, 11) is 2.19. The van der Waals surface area contributed by atoms with Gasteiger partial charge in [-0.3, -0.25) is 4.57 Å². The standard InChI is InChI=1S/C32H36N3.C11H8N.Ir/c1-30(2,3)21-12-14-22(15-13-21)34-20-35-28-19-24-23(31(4,5)16-17-32(24,6)7)18-27(28)33(8)25-10-9-11-26(34)29(25)35;1-2-6-10(7-3-1)11-8-4-5-9-12-11;/h9-15,18H,16-17H2,1-8H3;1-6,8-9H;/q2*-1;+3. The Morgan fingerprint density at radius 1 is 0.812 bits per heavy atom. The molecule has 0 bridgehead atoms. The Balaban J connectivity index is 0.000000260. The van der Waals surface area contributed by atoms with E-state index in [1.807, 2.05) is 42.5 Å². The number of imidazole rings is 1. The van der Waals surface area contributed by atoms with E-state index < -0.39 is 0 Å². The van der Waals surface area contributed by atoms with Crippen LogP contribution < -0.4 is 9.47 Å². The molecule has 0 atom stereocenters. The molecule has 0 amide bonds. The molecule has 0 saturated heterocycles. The average Bonchev–Trinajstić information content (AvgIpc) is 3.47. The Bertz CT molecular complexity index is 2030. The minimum Gasteiger partial charge on any atom is -0.404 e. The maximum Gasteiger partial charge on any atom is 3.00 e. The Morgan fingerprint density at radius 2 is 1.54 bits per heavy atom. The Hall–Kier alpha value is -4.05. The molecule has 3 heterocycles. The predicted molar refractivity (Wildman–Crippen MR) is 193 cm³/mol. The SMILES string of the molecule is CN1c2cc3c([c-]c2-[n+]2[c-]n(-c4ccc(C(C)(C)C)cc4)c4cccc1c42)C(C)(C)CCC3(C)C.[Ir+3].[c-]1ccccc1-c1ccccn1. The van der Waals surface area contributed by atoms with E-state index in [1.54, 1.807) is 6.20 Å². The van der Waals surface area contributed by atoms with Gasteiger partial charge in [-0.25, -0.2) is 0 Å². The van der Waals surface area contributed by atoms with Crippen LogP contribution in [0.5, 0.6) is 0 Å². The molecule has 1 aliphatic heterocycles. The normalized spacial score (nSPS) is 15.5. The molecular formula is C43H44IrN4+. The Kier molecular flexibility index (Phi) is 8.77. The average molecular weight is 809 g/mol. The number of hydrogen-bond acceptors (Lipinski definition) is 2. The molecule has 48 heavy (non-hydrogen) atoms. The summed E-state index contributed by atoms with van der Waals surface area (Å²) >= 11 is 0. The van der Waals surface area contributed by atoms with E-state index in [0.717, 1.165) is 28.1 Å². The second kappa shape index (κ2) is 12.4. The molecular weight excluding hydrogens is 765 g/mol. The molecule has 1 aliphatic carbocycles. The molecule has 0 unspecified atom stereocenters. The fraction of sp³-hybridized carbons (Fsp3) is 0.302. The van der Waals surface area contributed by atoms with Crippen molar-refractivity contribution in [2.24, 2.45) is 0 Å². The van der Waals surface area contributed by atoms with Crippen molar-refractivity contribution in [3.63, 3.8) is 0 Å². The molecule has 244 valence electrons. The minimum atomic E-state index is 0. The van der Waals surface area contributed by atoms with Crippen LogP contribution >= 0.6 is 0 Å². The van der Waals surface area contributed by atoms with Gasteiger partial charge in [0.1, 0.15) is 5.52 Å². The van der Waals surface area contributed by atoms with Crippen LogP contribution in [0.2, 0.25) is 0 Å². The van der Waals surface area contributed by atoms with Gasteiger partial charge in [-0.05, 0) is 65.5 Å². The van der Waals surface area contributed by atoms with Gasteiger partial charge in [-0.1, -0.05) is 102 Å². The van der Waals surface area contributed by atoms with Crippen molar-refractivity contribution in [3.05, 3.63) is 132 Å². The van der Waals surface area contributed by atoms with Crippen molar-refractivity contribution in [2.45, 2.75) is 77.6 Å². The number of para-hydroxylation sites is 1. The number of benzene rings is 4. The van der Waals surface area contributed by atoms with E-state index in [1.165, 1.54) is 46.4 Å². The van der Waals surface area contributed by atoms with E-state index in [2.05, 4.69) is 142 Å². The maximum atomic E-state index is 4.22. The van der Waals surface area contributed by atoms with Crippen LogP contribution in [0.25, 0.3) is 33.7 Å². The van der Waals surface area contributed by atoms with Crippen LogP contribution in [0.3, 0.4) is 0 Å². The zero-order valence-electron chi connectivity index (χ0n) is 29.3. The summed E-state index contributed by atoms with van der Waals surface area (Å²) < 4.78 is 4.45. The van der Waals surface area contributed by atoms with Crippen LogP contribution in [0.1, 0.15) is 78.0 Å². The summed E-state index contributed by atoms with van der Waals surface area (Å²) in [6, 6.07) is 38.7. The van der Waals surface area contributed by atoms with Gasteiger partial charge in [0.15, 0.2) is 0 Å². The quantitative estimate of drug-likeness (QED) is 0.129. The predicted octanol–water partition coefficient (Wildman–Crippen LogP) is 9.78. The second-order valence-corrected chi connectivity index (χ2v) is 15.3. The van der Waals surface area contributed by atoms with E-state index in [4.69, 9.17) is 0 Å². The van der Waals surface area contributed by atoms with Crippen molar-refractivity contribution in [2.75, 3.05) is 11.9 Å². The number of hydrogen-bond donors (Lipinski definition) is 0. The third-order valence-electron chi connectivity index (χ3n) is 10.1. The van der Waals surface area contributed by atoms with Crippen molar-refractivity contribution < 1.29 is 24.7 Å². The van der Waals surface area contributed by atoms with Crippen LogP contribution in [0, 0.1) is 18.5 Å². The molecule has 0 saturated carbocycles. The van der Waals surface area contributed by atoms with Crippen LogP contribution in [-0.2, 0) is 36.4 Å². The smallest absolute Gasteiger partial charge is 0.404 e. The monoisotopic (exact) mass is 809 g/mol. The topological polar surface area (TPSA) is 24.9 Å². The van der Waals surface area contributed by atoms with Crippen molar-refractivity contribution in [3.8, 4) is 22.6 Å². The van der Waals surface area contributed by atoms with E-state index in [0.29, 0.717) is 0 Å².